The van der Waals surface area contributed by atoms with E-state index in [0.29, 0.717) is 18.9 Å². The van der Waals surface area contributed by atoms with Gasteiger partial charge in [0.15, 0.2) is 0 Å². The minimum absolute atomic E-state index is 0.202. The van der Waals surface area contributed by atoms with Crippen molar-refractivity contribution in [3.63, 3.8) is 0 Å². The number of alkyl halides is 6. The third-order valence-electron chi connectivity index (χ3n) is 3.70. The van der Waals surface area contributed by atoms with E-state index in [-0.39, 0.29) is 12.1 Å². The lowest BCUT2D eigenvalue weighted by Crippen LogP contribution is -2.23. The zero-order valence-electron chi connectivity index (χ0n) is 11.9. The van der Waals surface area contributed by atoms with Crippen LogP contribution in [0.4, 0.5) is 26.3 Å². The van der Waals surface area contributed by atoms with E-state index in [1.165, 1.54) is 0 Å². The zero-order chi connectivity index (χ0) is 17.3. The Hall–Kier alpha value is -1.73. The predicted octanol–water partition coefficient (Wildman–Crippen LogP) is 5.21. The molecule has 1 saturated carbocycles. The number of benzene rings is 1. The van der Waals surface area contributed by atoms with Crippen molar-refractivity contribution in [3.05, 3.63) is 34.9 Å². The Morgan fingerprint density at radius 3 is 2.09 bits per heavy atom. The summed E-state index contributed by atoms with van der Waals surface area (Å²) < 4.78 is 81.8. The molecule has 2 rings (SSSR count). The number of hydrogen-bond acceptors (Lipinski definition) is 2. The summed E-state index contributed by atoms with van der Waals surface area (Å²) in [6.45, 7) is 0. The molecule has 1 fully saturated rings. The Labute approximate surface area is 128 Å². The first-order valence-corrected chi connectivity index (χ1v) is 7.08. The summed E-state index contributed by atoms with van der Waals surface area (Å²) >= 11 is 0. The molecule has 128 valence electrons. The quantitative estimate of drug-likeness (QED) is 0.545. The molecule has 0 atom stereocenters. The first-order chi connectivity index (χ1) is 10.6. The normalized spacial score (nSPS) is 17.1. The molecule has 0 unspecified atom stereocenters. The van der Waals surface area contributed by atoms with Gasteiger partial charge in [0.1, 0.15) is 6.10 Å². The molecule has 0 spiro atoms. The van der Waals surface area contributed by atoms with Crippen molar-refractivity contribution in [2.75, 3.05) is 0 Å². The van der Waals surface area contributed by atoms with Gasteiger partial charge in [0.05, 0.1) is 16.7 Å². The number of halogens is 6. The molecular formula is C15H14F6O2. The average molecular weight is 340 g/mol. The highest BCUT2D eigenvalue weighted by Crippen LogP contribution is 2.37. The number of carbonyl (C=O) groups excluding carboxylic acids is 1. The standard InChI is InChI=1S/C15H14F6O2/c16-14(17,18)9-6-7-12(15(19,20)21)11(8-9)13(22)23-10-4-2-1-3-5-10/h6-8,10H,1-5H2. The lowest BCUT2D eigenvalue weighted by Gasteiger charge is -2.23. The molecule has 1 aliphatic carbocycles. The summed E-state index contributed by atoms with van der Waals surface area (Å²) in [6, 6.07) is 0.772. The van der Waals surface area contributed by atoms with Crippen LogP contribution in [0.3, 0.4) is 0 Å². The number of hydrogen-bond donors (Lipinski definition) is 0. The Balaban J connectivity index is 2.34. The smallest absolute Gasteiger partial charge is 0.417 e. The second kappa shape index (κ2) is 6.41. The van der Waals surface area contributed by atoms with Crippen LogP contribution >= 0.6 is 0 Å². The number of carbonyl (C=O) groups is 1. The van der Waals surface area contributed by atoms with Gasteiger partial charge < -0.3 is 4.74 Å². The highest BCUT2D eigenvalue weighted by Gasteiger charge is 2.39. The minimum atomic E-state index is -4.94. The average Bonchev–Trinajstić information content (AvgIpc) is 2.45. The molecular weight excluding hydrogens is 326 g/mol. The Morgan fingerprint density at radius 1 is 0.957 bits per heavy atom. The molecule has 23 heavy (non-hydrogen) atoms. The number of esters is 1. The van der Waals surface area contributed by atoms with E-state index in [1.54, 1.807) is 0 Å². The van der Waals surface area contributed by atoms with Crippen LogP contribution in [0.2, 0.25) is 0 Å². The minimum Gasteiger partial charge on any atom is -0.459 e. The van der Waals surface area contributed by atoms with Crippen LogP contribution in [-0.4, -0.2) is 12.1 Å². The van der Waals surface area contributed by atoms with Crippen LogP contribution in [0.25, 0.3) is 0 Å². The predicted molar refractivity (Wildman–Crippen MR) is 68.7 cm³/mol. The van der Waals surface area contributed by atoms with E-state index in [4.69, 9.17) is 4.74 Å². The molecule has 0 N–H and O–H groups in total. The van der Waals surface area contributed by atoms with Crippen LogP contribution < -0.4 is 0 Å². The fourth-order valence-electron chi connectivity index (χ4n) is 2.53. The van der Waals surface area contributed by atoms with Crippen LogP contribution in [0.1, 0.15) is 53.6 Å². The fourth-order valence-corrected chi connectivity index (χ4v) is 2.53. The topological polar surface area (TPSA) is 26.3 Å². The molecule has 0 aromatic heterocycles. The Kier molecular flexibility index (Phi) is 4.91. The third kappa shape index (κ3) is 4.39. The van der Waals surface area contributed by atoms with Crippen LogP contribution in [0.15, 0.2) is 18.2 Å². The zero-order valence-corrected chi connectivity index (χ0v) is 11.9. The van der Waals surface area contributed by atoms with Crippen molar-refractivity contribution in [2.24, 2.45) is 0 Å². The SMILES string of the molecule is O=C(OC1CCCCC1)c1cc(C(F)(F)F)ccc1C(F)(F)F. The van der Waals surface area contributed by atoms with Crippen molar-refractivity contribution < 1.29 is 35.9 Å². The van der Waals surface area contributed by atoms with Gasteiger partial charge in [-0.25, -0.2) is 4.79 Å². The monoisotopic (exact) mass is 340 g/mol. The van der Waals surface area contributed by atoms with Gasteiger partial charge in [0.25, 0.3) is 0 Å². The summed E-state index contributed by atoms with van der Waals surface area (Å²) in [5, 5.41) is 0. The van der Waals surface area contributed by atoms with Crippen LogP contribution in [-0.2, 0) is 17.1 Å². The molecule has 0 radical (unpaired) electrons. The van der Waals surface area contributed by atoms with E-state index >= 15 is 0 Å². The maximum absolute atomic E-state index is 12.9. The van der Waals surface area contributed by atoms with Gasteiger partial charge in [-0.15, -0.1) is 0 Å². The van der Waals surface area contributed by atoms with Gasteiger partial charge in [-0.3, -0.25) is 0 Å². The Morgan fingerprint density at radius 2 is 1.57 bits per heavy atom. The van der Waals surface area contributed by atoms with Crippen LogP contribution in [0, 0.1) is 0 Å². The molecule has 0 heterocycles. The van der Waals surface area contributed by atoms with E-state index in [2.05, 4.69) is 0 Å². The van der Waals surface area contributed by atoms with Gasteiger partial charge in [-0.1, -0.05) is 6.42 Å². The fraction of sp³-hybridized carbons (Fsp3) is 0.533. The number of rotatable bonds is 2. The summed E-state index contributed by atoms with van der Waals surface area (Å²) in [4.78, 5) is 12.0. The summed E-state index contributed by atoms with van der Waals surface area (Å²) in [5.41, 5.74) is -3.84. The van der Waals surface area contributed by atoms with Crippen molar-refractivity contribution in [1.82, 2.24) is 0 Å². The summed E-state index contributed by atoms with van der Waals surface area (Å²) in [5.74, 6) is -1.37. The van der Waals surface area contributed by atoms with Crippen molar-refractivity contribution >= 4 is 5.97 Å². The summed E-state index contributed by atoms with van der Waals surface area (Å²) in [6.07, 6.45) is -6.84. The number of ether oxygens (including phenoxy) is 1. The van der Waals surface area contributed by atoms with E-state index in [0.717, 1.165) is 19.3 Å². The van der Waals surface area contributed by atoms with Gasteiger partial charge in [0, 0.05) is 0 Å². The molecule has 1 aromatic carbocycles. The molecule has 2 nitrogen and oxygen atoms in total. The highest BCUT2D eigenvalue weighted by atomic mass is 19.4. The van der Waals surface area contributed by atoms with Crippen molar-refractivity contribution in [2.45, 2.75) is 50.6 Å². The highest BCUT2D eigenvalue weighted by molar-refractivity contribution is 5.91. The second-order valence-corrected chi connectivity index (χ2v) is 5.42. The molecule has 1 aliphatic rings. The first kappa shape index (κ1) is 17.6. The van der Waals surface area contributed by atoms with Gasteiger partial charge >= 0.3 is 18.3 Å². The molecule has 8 heteroatoms. The largest absolute Gasteiger partial charge is 0.459 e. The van der Waals surface area contributed by atoms with Gasteiger partial charge in [-0.05, 0) is 43.9 Å². The van der Waals surface area contributed by atoms with Gasteiger partial charge in [-0.2, -0.15) is 26.3 Å². The third-order valence-corrected chi connectivity index (χ3v) is 3.70. The van der Waals surface area contributed by atoms with Crippen LogP contribution in [0.5, 0.6) is 0 Å². The van der Waals surface area contributed by atoms with E-state index < -0.39 is 41.1 Å². The van der Waals surface area contributed by atoms with Gasteiger partial charge in [0.2, 0.25) is 0 Å². The maximum atomic E-state index is 12.9. The Bertz CT molecular complexity index is 570. The molecule has 0 aliphatic heterocycles. The molecule has 0 bridgehead atoms. The second-order valence-electron chi connectivity index (χ2n) is 5.42. The van der Waals surface area contributed by atoms with Crippen molar-refractivity contribution in [3.8, 4) is 0 Å². The van der Waals surface area contributed by atoms with E-state index in [1.807, 2.05) is 0 Å². The maximum Gasteiger partial charge on any atom is 0.417 e. The molecule has 0 saturated heterocycles. The summed E-state index contributed by atoms with van der Waals surface area (Å²) in [7, 11) is 0. The van der Waals surface area contributed by atoms with Crippen molar-refractivity contribution in [1.29, 1.82) is 0 Å². The first-order valence-electron chi connectivity index (χ1n) is 7.08. The van der Waals surface area contributed by atoms with E-state index in [9.17, 15) is 31.1 Å². The molecule has 0 amide bonds. The lowest BCUT2D eigenvalue weighted by atomic mass is 9.97. The molecule has 1 aromatic rings. The lowest BCUT2D eigenvalue weighted by molar-refractivity contribution is -0.141.